The maximum absolute atomic E-state index is 13.4. The predicted molar refractivity (Wildman–Crippen MR) is 101 cm³/mol. The molecular formula is C22H25NO3. The molecule has 2 aromatic carbocycles. The van der Waals surface area contributed by atoms with Crippen LogP contribution in [0, 0.1) is 0 Å². The Kier molecular flexibility index (Phi) is 4.45. The fraction of sp³-hybridized carbons (Fsp3) is 0.409. The highest BCUT2D eigenvalue weighted by atomic mass is 16.5. The van der Waals surface area contributed by atoms with Crippen molar-refractivity contribution in [3.05, 3.63) is 59.7 Å². The Morgan fingerprint density at radius 1 is 1.00 bits per heavy atom. The highest BCUT2D eigenvalue weighted by Gasteiger charge is 2.46. The number of para-hydroxylation sites is 2. The molecule has 1 aliphatic carbocycles. The second-order valence-electron chi connectivity index (χ2n) is 7.39. The molecule has 1 fully saturated rings. The van der Waals surface area contributed by atoms with Gasteiger partial charge >= 0.3 is 5.97 Å². The summed E-state index contributed by atoms with van der Waals surface area (Å²) < 4.78 is 12.0. The molecule has 1 aliphatic heterocycles. The number of benzene rings is 2. The van der Waals surface area contributed by atoms with Crippen LogP contribution in [0.25, 0.3) is 0 Å². The van der Waals surface area contributed by atoms with Crippen LogP contribution in [0.5, 0.6) is 11.5 Å². The van der Waals surface area contributed by atoms with E-state index in [0.29, 0.717) is 6.04 Å². The van der Waals surface area contributed by atoms with E-state index in [1.165, 1.54) is 0 Å². The number of nitrogens with one attached hydrogen (secondary N) is 1. The lowest BCUT2D eigenvalue weighted by molar-refractivity contribution is -0.155. The van der Waals surface area contributed by atoms with Gasteiger partial charge in [0.1, 0.15) is 23.0 Å². The molecule has 1 heterocycles. The van der Waals surface area contributed by atoms with E-state index < -0.39 is 5.41 Å². The van der Waals surface area contributed by atoms with Crippen LogP contribution in [-0.2, 0) is 14.9 Å². The van der Waals surface area contributed by atoms with Gasteiger partial charge in [-0.25, -0.2) is 0 Å². The van der Waals surface area contributed by atoms with Crippen molar-refractivity contribution in [2.75, 3.05) is 7.05 Å². The SMILES string of the molecule is CN[C@H]1CC[C@H](OC(=O)C2(C)c3ccccc3Oc3ccccc32)CC1. The number of esters is 1. The summed E-state index contributed by atoms with van der Waals surface area (Å²) in [5.41, 5.74) is 0.880. The molecule has 1 saturated carbocycles. The monoisotopic (exact) mass is 351 g/mol. The molecule has 4 heteroatoms. The van der Waals surface area contributed by atoms with E-state index in [0.717, 1.165) is 48.3 Å². The minimum Gasteiger partial charge on any atom is -0.461 e. The molecule has 1 N–H and O–H groups in total. The summed E-state index contributed by atoms with van der Waals surface area (Å²) in [4.78, 5) is 13.4. The molecule has 0 atom stereocenters. The van der Waals surface area contributed by atoms with Crippen molar-refractivity contribution in [1.29, 1.82) is 0 Å². The topological polar surface area (TPSA) is 47.6 Å². The maximum Gasteiger partial charge on any atom is 0.321 e. The third-order valence-electron chi connectivity index (χ3n) is 5.84. The first-order valence-electron chi connectivity index (χ1n) is 9.38. The molecule has 136 valence electrons. The first-order chi connectivity index (χ1) is 12.6. The number of hydrogen-bond acceptors (Lipinski definition) is 4. The Bertz CT molecular complexity index is 763. The second kappa shape index (κ2) is 6.76. The van der Waals surface area contributed by atoms with Crippen molar-refractivity contribution in [1.82, 2.24) is 5.32 Å². The molecule has 0 amide bonds. The number of carbonyl (C=O) groups is 1. The third-order valence-corrected chi connectivity index (χ3v) is 5.84. The van der Waals surface area contributed by atoms with Gasteiger partial charge in [-0.15, -0.1) is 0 Å². The van der Waals surface area contributed by atoms with Gasteiger partial charge in [-0.2, -0.15) is 0 Å². The summed E-state index contributed by atoms with van der Waals surface area (Å²) >= 11 is 0. The van der Waals surface area contributed by atoms with Crippen molar-refractivity contribution < 1.29 is 14.3 Å². The molecule has 0 bridgehead atoms. The maximum atomic E-state index is 13.4. The zero-order valence-electron chi connectivity index (χ0n) is 15.3. The van der Waals surface area contributed by atoms with Gasteiger partial charge in [-0.05, 0) is 51.8 Å². The smallest absolute Gasteiger partial charge is 0.321 e. The van der Waals surface area contributed by atoms with Gasteiger partial charge in [0.05, 0.1) is 0 Å². The highest BCUT2D eigenvalue weighted by molar-refractivity contribution is 5.90. The highest BCUT2D eigenvalue weighted by Crippen LogP contribution is 2.48. The van der Waals surface area contributed by atoms with Gasteiger partial charge in [0.15, 0.2) is 0 Å². The van der Waals surface area contributed by atoms with Crippen LogP contribution in [0.15, 0.2) is 48.5 Å². The van der Waals surface area contributed by atoms with E-state index >= 15 is 0 Å². The second-order valence-corrected chi connectivity index (χ2v) is 7.39. The van der Waals surface area contributed by atoms with Gasteiger partial charge in [0, 0.05) is 17.2 Å². The third kappa shape index (κ3) is 2.78. The van der Waals surface area contributed by atoms with Gasteiger partial charge in [-0.3, -0.25) is 4.79 Å². The number of ether oxygens (including phenoxy) is 2. The van der Waals surface area contributed by atoms with Crippen LogP contribution in [0.3, 0.4) is 0 Å². The normalized spacial score (nSPS) is 23.3. The molecule has 4 nitrogen and oxygen atoms in total. The summed E-state index contributed by atoms with van der Waals surface area (Å²) in [5.74, 6) is 1.27. The molecule has 4 rings (SSSR count). The van der Waals surface area contributed by atoms with E-state index in [9.17, 15) is 4.79 Å². The average Bonchev–Trinajstić information content (AvgIpc) is 2.69. The summed E-state index contributed by atoms with van der Waals surface area (Å²) in [7, 11) is 1.99. The largest absolute Gasteiger partial charge is 0.461 e. The standard InChI is InChI=1S/C22H25NO3/c1-22(21(24)25-16-13-11-15(23-2)12-14-16)17-7-3-5-9-19(17)26-20-10-6-4-8-18(20)22/h3-10,15-16,23H,11-14H2,1-2H3/t15-,16-. The van der Waals surface area contributed by atoms with Crippen molar-refractivity contribution in [3.63, 3.8) is 0 Å². The predicted octanol–water partition coefficient (Wildman–Crippen LogP) is 4.17. The zero-order valence-corrected chi connectivity index (χ0v) is 15.3. The van der Waals surface area contributed by atoms with Gasteiger partial charge < -0.3 is 14.8 Å². The van der Waals surface area contributed by atoms with E-state index in [1.54, 1.807) is 0 Å². The summed E-state index contributed by atoms with van der Waals surface area (Å²) in [5, 5.41) is 3.32. The Morgan fingerprint density at radius 2 is 1.54 bits per heavy atom. The molecule has 0 aromatic heterocycles. The summed E-state index contributed by atoms with van der Waals surface area (Å²) in [6.07, 6.45) is 3.90. The first kappa shape index (κ1) is 17.1. The number of fused-ring (bicyclic) bond motifs is 2. The first-order valence-corrected chi connectivity index (χ1v) is 9.38. The van der Waals surface area contributed by atoms with Crippen LogP contribution in [0.1, 0.15) is 43.7 Å². The Labute approximate surface area is 154 Å². The molecular weight excluding hydrogens is 326 g/mol. The molecule has 0 unspecified atom stereocenters. The van der Waals surface area contributed by atoms with Crippen molar-refractivity contribution in [2.45, 2.75) is 50.2 Å². The minimum absolute atomic E-state index is 0.00825. The Balaban J connectivity index is 1.65. The van der Waals surface area contributed by atoms with E-state index in [2.05, 4.69) is 5.32 Å². The minimum atomic E-state index is -0.856. The quantitative estimate of drug-likeness (QED) is 0.843. The van der Waals surface area contributed by atoms with Crippen LogP contribution < -0.4 is 10.1 Å². The van der Waals surface area contributed by atoms with Crippen LogP contribution in [0.2, 0.25) is 0 Å². The number of hydrogen-bond donors (Lipinski definition) is 1. The van der Waals surface area contributed by atoms with Crippen LogP contribution in [0.4, 0.5) is 0 Å². The van der Waals surface area contributed by atoms with Crippen LogP contribution in [-0.4, -0.2) is 25.2 Å². The fourth-order valence-electron chi connectivity index (χ4n) is 4.16. The van der Waals surface area contributed by atoms with Gasteiger partial charge in [0.2, 0.25) is 0 Å². The number of rotatable bonds is 3. The van der Waals surface area contributed by atoms with E-state index in [1.807, 2.05) is 62.5 Å². The molecule has 26 heavy (non-hydrogen) atoms. The molecule has 2 aromatic rings. The molecule has 0 spiro atoms. The van der Waals surface area contributed by atoms with Crippen molar-refractivity contribution in [3.8, 4) is 11.5 Å². The Hall–Kier alpha value is -2.33. The van der Waals surface area contributed by atoms with Crippen molar-refractivity contribution >= 4 is 5.97 Å². The summed E-state index contributed by atoms with van der Waals surface area (Å²) in [6.45, 7) is 1.95. The fourth-order valence-corrected chi connectivity index (χ4v) is 4.16. The molecule has 0 radical (unpaired) electrons. The lowest BCUT2D eigenvalue weighted by Crippen LogP contribution is -2.41. The van der Waals surface area contributed by atoms with E-state index in [-0.39, 0.29) is 12.1 Å². The lowest BCUT2D eigenvalue weighted by Gasteiger charge is -2.37. The number of carbonyl (C=O) groups excluding carboxylic acids is 1. The summed E-state index contributed by atoms with van der Waals surface area (Å²) in [6, 6.07) is 16.0. The molecule has 2 aliphatic rings. The van der Waals surface area contributed by atoms with Crippen molar-refractivity contribution in [2.24, 2.45) is 0 Å². The van der Waals surface area contributed by atoms with Gasteiger partial charge in [-0.1, -0.05) is 36.4 Å². The zero-order chi connectivity index (χ0) is 18.1. The Morgan fingerprint density at radius 3 is 2.08 bits per heavy atom. The van der Waals surface area contributed by atoms with Gasteiger partial charge in [0.25, 0.3) is 0 Å². The average molecular weight is 351 g/mol. The molecule has 0 saturated heterocycles. The van der Waals surface area contributed by atoms with Crippen LogP contribution >= 0.6 is 0 Å². The van der Waals surface area contributed by atoms with E-state index in [4.69, 9.17) is 9.47 Å². The lowest BCUT2D eigenvalue weighted by atomic mass is 9.74.